The molecule has 1 atom stereocenters. The van der Waals surface area contributed by atoms with Crippen molar-refractivity contribution < 1.29 is 4.74 Å². The first-order valence-electron chi connectivity index (χ1n) is 6.77. The van der Waals surface area contributed by atoms with Crippen molar-refractivity contribution in [3.05, 3.63) is 30.3 Å². The molecule has 0 amide bonds. The van der Waals surface area contributed by atoms with E-state index in [1.54, 1.807) is 0 Å². The fourth-order valence-electron chi connectivity index (χ4n) is 2.30. The molecular weight excluding hydrogens is 238 g/mol. The molecule has 1 fully saturated rings. The minimum absolute atomic E-state index is 0.193. The van der Waals surface area contributed by atoms with E-state index < -0.39 is 0 Å². The maximum atomic E-state index is 8.97. The van der Waals surface area contributed by atoms with Crippen molar-refractivity contribution in [2.45, 2.75) is 12.5 Å². The summed E-state index contributed by atoms with van der Waals surface area (Å²) in [4.78, 5) is 4.68. The zero-order valence-corrected chi connectivity index (χ0v) is 11.5. The predicted octanol–water partition coefficient (Wildman–Crippen LogP) is 1.60. The van der Waals surface area contributed by atoms with Gasteiger partial charge >= 0.3 is 0 Å². The topological polar surface area (TPSA) is 39.5 Å². The van der Waals surface area contributed by atoms with Gasteiger partial charge in [-0.15, -0.1) is 0 Å². The summed E-state index contributed by atoms with van der Waals surface area (Å²) in [5.74, 6) is 0.875. The molecule has 0 saturated carbocycles. The van der Waals surface area contributed by atoms with E-state index in [1.165, 1.54) is 0 Å². The van der Waals surface area contributed by atoms with E-state index in [4.69, 9.17) is 10.00 Å². The normalized spacial score (nSPS) is 18.7. The molecule has 4 heteroatoms. The van der Waals surface area contributed by atoms with Gasteiger partial charge in [-0.3, -0.25) is 4.90 Å². The Kier molecular flexibility index (Phi) is 5.20. The van der Waals surface area contributed by atoms with E-state index in [-0.39, 0.29) is 6.04 Å². The maximum absolute atomic E-state index is 8.97. The third-order valence-corrected chi connectivity index (χ3v) is 3.57. The molecule has 0 N–H and O–H groups in total. The zero-order chi connectivity index (χ0) is 13.5. The molecule has 0 radical (unpaired) electrons. The Hall–Kier alpha value is -1.57. The molecule has 1 aliphatic heterocycles. The van der Waals surface area contributed by atoms with E-state index in [9.17, 15) is 0 Å². The Morgan fingerprint density at radius 2 is 1.89 bits per heavy atom. The van der Waals surface area contributed by atoms with Crippen LogP contribution < -0.4 is 4.74 Å². The number of nitriles is 1. The van der Waals surface area contributed by atoms with Gasteiger partial charge in [0.25, 0.3) is 0 Å². The summed E-state index contributed by atoms with van der Waals surface area (Å²) < 4.78 is 5.79. The highest BCUT2D eigenvalue weighted by Gasteiger charge is 2.22. The Bertz CT molecular complexity index is 407. The monoisotopic (exact) mass is 259 g/mol. The summed E-state index contributed by atoms with van der Waals surface area (Å²) in [7, 11) is 2.14. The van der Waals surface area contributed by atoms with Gasteiger partial charge < -0.3 is 9.64 Å². The van der Waals surface area contributed by atoms with Crippen molar-refractivity contribution in [2.75, 3.05) is 39.8 Å². The second-order valence-electron chi connectivity index (χ2n) is 4.98. The largest absolute Gasteiger partial charge is 0.492 e. The number of benzene rings is 1. The van der Waals surface area contributed by atoms with Crippen molar-refractivity contribution in [3.63, 3.8) is 0 Å². The lowest BCUT2D eigenvalue weighted by molar-refractivity contribution is 0.0838. The van der Waals surface area contributed by atoms with Crippen LogP contribution >= 0.6 is 0 Å². The summed E-state index contributed by atoms with van der Waals surface area (Å²) in [5, 5.41) is 8.97. The highest BCUT2D eigenvalue weighted by Crippen LogP contribution is 2.13. The van der Waals surface area contributed by atoms with Crippen LogP contribution in [0.3, 0.4) is 0 Å². The summed E-state index contributed by atoms with van der Waals surface area (Å²) in [5.41, 5.74) is 0. The van der Waals surface area contributed by atoms with Gasteiger partial charge in [-0.25, -0.2) is 0 Å². The van der Waals surface area contributed by atoms with Crippen molar-refractivity contribution in [1.82, 2.24) is 9.80 Å². The van der Waals surface area contributed by atoms with Crippen LogP contribution in [0.25, 0.3) is 0 Å². The Labute approximate surface area is 115 Å². The van der Waals surface area contributed by atoms with E-state index in [0.29, 0.717) is 13.0 Å². The zero-order valence-electron chi connectivity index (χ0n) is 11.5. The third-order valence-electron chi connectivity index (χ3n) is 3.57. The number of nitrogens with zero attached hydrogens (tertiary/aromatic N) is 3. The average molecular weight is 259 g/mol. The van der Waals surface area contributed by atoms with Crippen LogP contribution in [-0.2, 0) is 0 Å². The van der Waals surface area contributed by atoms with Crippen molar-refractivity contribution in [3.8, 4) is 11.8 Å². The van der Waals surface area contributed by atoms with Crippen molar-refractivity contribution in [1.29, 1.82) is 5.26 Å². The molecular formula is C15H21N3O. The van der Waals surface area contributed by atoms with Gasteiger partial charge in [-0.2, -0.15) is 5.26 Å². The number of hydrogen-bond acceptors (Lipinski definition) is 4. The molecule has 19 heavy (non-hydrogen) atoms. The number of ether oxygens (including phenoxy) is 1. The van der Waals surface area contributed by atoms with Crippen LogP contribution in [0, 0.1) is 11.3 Å². The standard InChI is InChI=1S/C15H21N3O/c1-17-9-11-18(12-10-17)14(7-8-16)13-19-15-5-3-2-4-6-15/h2-6,14H,7,9-13H2,1H3. The quantitative estimate of drug-likeness (QED) is 0.805. The molecule has 0 aliphatic carbocycles. The molecule has 0 bridgehead atoms. The number of likely N-dealkylation sites (N-methyl/N-ethyl adjacent to an activating group) is 1. The lowest BCUT2D eigenvalue weighted by Gasteiger charge is -2.36. The average Bonchev–Trinajstić information content (AvgIpc) is 2.46. The van der Waals surface area contributed by atoms with Crippen LogP contribution in [0.1, 0.15) is 6.42 Å². The van der Waals surface area contributed by atoms with Gasteiger partial charge in [0.05, 0.1) is 18.5 Å². The van der Waals surface area contributed by atoms with Gasteiger partial charge in [0.1, 0.15) is 12.4 Å². The fourth-order valence-corrected chi connectivity index (χ4v) is 2.30. The second-order valence-corrected chi connectivity index (χ2v) is 4.98. The molecule has 0 spiro atoms. The summed E-state index contributed by atoms with van der Waals surface area (Å²) in [6.45, 7) is 4.74. The molecule has 1 unspecified atom stereocenters. The first-order valence-corrected chi connectivity index (χ1v) is 6.77. The minimum atomic E-state index is 0.193. The lowest BCUT2D eigenvalue weighted by atomic mass is 10.1. The third kappa shape index (κ3) is 4.23. The smallest absolute Gasteiger partial charge is 0.119 e. The maximum Gasteiger partial charge on any atom is 0.119 e. The first kappa shape index (κ1) is 13.9. The van der Waals surface area contributed by atoms with Crippen molar-refractivity contribution in [2.24, 2.45) is 0 Å². The molecule has 1 aliphatic rings. The van der Waals surface area contributed by atoms with Gasteiger partial charge in [0, 0.05) is 26.2 Å². The van der Waals surface area contributed by atoms with E-state index in [1.807, 2.05) is 30.3 Å². The van der Waals surface area contributed by atoms with Crippen LogP contribution in [0.5, 0.6) is 5.75 Å². The first-order chi connectivity index (χ1) is 9.29. The summed E-state index contributed by atoms with van der Waals surface area (Å²) >= 11 is 0. The number of rotatable bonds is 5. The Balaban J connectivity index is 1.87. The molecule has 1 saturated heterocycles. The molecule has 1 heterocycles. The van der Waals surface area contributed by atoms with Crippen LogP contribution in [0.4, 0.5) is 0 Å². The summed E-state index contributed by atoms with van der Waals surface area (Å²) in [6, 6.07) is 12.3. The SMILES string of the molecule is CN1CCN(C(CC#N)COc2ccccc2)CC1. The number of hydrogen-bond donors (Lipinski definition) is 0. The summed E-state index contributed by atoms with van der Waals surface area (Å²) in [6.07, 6.45) is 0.524. The number of para-hydroxylation sites is 1. The van der Waals surface area contributed by atoms with Gasteiger partial charge in [0.2, 0.25) is 0 Å². The van der Waals surface area contributed by atoms with E-state index >= 15 is 0 Å². The molecule has 1 aromatic rings. The van der Waals surface area contributed by atoms with E-state index in [2.05, 4.69) is 22.9 Å². The predicted molar refractivity (Wildman–Crippen MR) is 75.0 cm³/mol. The van der Waals surface area contributed by atoms with Gasteiger partial charge in [-0.1, -0.05) is 18.2 Å². The molecule has 0 aromatic heterocycles. The molecule has 4 nitrogen and oxygen atoms in total. The fraction of sp³-hybridized carbons (Fsp3) is 0.533. The van der Waals surface area contributed by atoms with E-state index in [0.717, 1.165) is 31.9 Å². The lowest BCUT2D eigenvalue weighted by Crippen LogP contribution is -2.50. The van der Waals surface area contributed by atoms with Crippen LogP contribution in [-0.4, -0.2) is 55.7 Å². The Morgan fingerprint density at radius 1 is 1.21 bits per heavy atom. The highest BCUT2D eigenvalue weighted by molar-refractivity contribution is 5.21. The van der Waals surface area contributed by atoms with Crippen molar-refractivity contribution >= 4 is 0 Å². The van der Waals surface area contributed by atoms with Crippen LogP contribution in [0.2, 0.25) is 0 Å². The second kappa shape index (κ2) is 7.13. The van der Waals surface area contributed by atoms with Crippen LogP contribution in [0.15, 0.2) is 30.3 Å². The molecule has 2 rings (SSSR count). The van der Waals surface area contributed by atoms with Gasteiger partial charge in [-0.05, 0) is 19.2 Å². The number of piperazine rings is 1. The van der Waals surface area contributed by atoms with Gasteiger partial charge in [0.15, 0.2) is 0 Å². The molecule has 102 valence electrons. The highest BCUT2D eigenvalue weighted by atomic mass is 16.5. The Morgan fingerprint density at radius 3 is 2.53 bits per heavy atom. The minimum Gasteiger partial charge on any atom is -0.492 e. The molecule has 1 aromatic carbocycles.